The number of aromatic nitrogens is 3. The van der Waals surface area contributed by atoms with Crippen LogP contribution in [0.15, 0.2) is 53.7 Å². The van der Waals surface area contributed by atoms with E-state index in [1.807, 2.05) is 47.0 Å². The lowest BCUT2D eigenvalue weighted by Gasteiger charge is -2.23. The van der Waals surface area contributed by atoms with E-state index in [1.54, 1.807) is 7.05 Å². The van der Waals surface area contributed by atoms with E-state index < -0.39 is 0 Å². The second kappa shape index (κ2) is 11.1. The van der Waals surface area contributed by atoms with Crippen molar-refractivity contribution in [2.24, 2.45) is 4.99 Å². The van der Waals surface area contributed by atoms with Gasteiger partial charge in [0, 0.05) is 38.3 Å². The first kappa shape index (κ1) is 23.9. The van der Waals surface area contributed by atoms with Gasteiger partial charge in [0.2, 0.25) is 0 Å². The van der Waals surface area contributed by atoms with Gasteiger partial charge in [-0.2, -0.15) is 0 Å². The van der Waals surface area contributed by atoms with Crippen molar-refractivity contribution < 1.29 is 4.74 Å². The molecule has 3 rings (SSSR count). The predicted octanol–water partition coefficient (Wildman–Crippen LogP) is 3.82. The first-order valence-corrected chi connectivity index (χ1v) is 9.96. The number of halogens is 1. The molecule has 1 aromatic carbocycles. The quantitative estimate of drug-likeness (QED) is 0.214. The summed E-state index contributed by atoms with van der Waals surface area (Å²) < 4.78 is 8.09. The van der Waals surface area contributed by atoms with E-state index in [9.17, 15) is 0 Å². The van der Waals surface area contributed by atoms with Crippen LogP contribution in [-0.4, -0.2) is 39.8 Å². The maximum absolute atomic E-state index is 6.06. The summed E-state index contributed by atoms with van der Waals surface area (Å²) in [6.45, 7) is 7.59. The number of aryl methyl sites for hydroxylation is 1. The van der Waals surface area contributed by atoms with E-state index in [4.69, 9.17) is 4.74 Å². The van der Waals surface area contributed by atoms with Gasteiger partial charge in [-0.1, -0.05) is 24.3 Å². The molecule has 0 aliphatic rings. The van der Waals surface area contributed by atoms with Crippen LogP contribution in [0, 0.1) is 0 Å². The Morgan fingerprint density at radius 2 is 1.83 bits per heavy atom. The van der Waals surface area contributed by atoms with E-state index in [-0.39, 0.29) is 29.6 Å². The van der Waals surface area contributed by atoms with Crippen molar-refractivity contribution in [3.05, 3.63) is 60.0 Å². The normalized spacial score (nSPS) is 11.8. The van der Waals surface area contributed by atoms with Crippen molar-refractivity contribution in [2.45, 2.75) is 45.8 Å². The zero-order valence-electron chi connectivity index (χ0n) is 18.1. The fourth-order valence-corrected chi connectivity index (χ4v) is 2.99. The molecule has 2 heterocycles. The first-order valence-electron chi connectivity index (χ1n) is 9.96. The Morgan fingerprint density at radius 1 is 1.07 bits per heavy atom. The molecule has 0 spiro atoms. The van der Waals surface area contributed by atoms with Crippen molar-refractivity contribution in [2.75, 3.05) is 13.6 Å². The van der Waals surface area contributed by atoms with E-state index in [0.29, 0.717) is 6.54 Å². The maximum Gasteiger partial charge on any atom is 0.191 e. The van der Waals surface area contributed by atoms with Gasteiger partial charge < -0.3 is 15.4 Å². The zero-order chi connectivity index (χ0) is 20.7. The smallest absolute Gasteiger partial charge is 0.191 e. The lowest BCUT2D eigenvalue weighted by molar-refractivity contribution is 0.129. The number of benzene rings is 1. The van der Waals surface area contributed by atoms with Crippen LogP contribution >= 0.6 is 24.0 Å². The van der Waals surface area contributed by atoms with Gasteiger partial charge in [-0.15, -0.1) is 34.2 Å². The number of pyridine rings is 1. The summed E-state index contributed by atoms with van der Waals surface area (Å²) in [5.41, 5.74) is 1.74. The minimum Gasteiger partial charge on any atom is -0.488 e. The molecule has 0 saturated carbocycles. The molecule has 0 aliphatic heterocycles. The van der Waals surface area contributed by atoms with Crippen LogP contribution in [0.1, 0.15) is 38.6 Å². The number of para-hydroxylation sites is 1. The second-order valence-corrected chi connectivity index (χ2v) is 7.82. The number of nitrogens with one attached hydrogen (secondary N) is 2. The molecule has 0 unspecified atom stereocenters. The summed E-state index contributed by atoms with van der Waals surface area (Å²) in [5.74, 6) is 2.63. The van der Waals surface area contributed by atoms with Crippen molar-refractivity contribution >= 4 is 35.6 Å². The molecular weight excluding hydrogens is 491 g/mol. The number of fused-ring (bicyclic) bond motifs is 1. The highest BCUT2D eigenvalue weighted by atomic mass is 127. The molecule has 0 atom stereocenters. The van der Waals surface area contributed by atoms with Crippen LogP contribution in [0.5, 0.6) is 5.75 Å². The minimum atomic E-state index is -0.234. The Kier molecular flexibility index (Phi) is 8.88. The van der Waals surface area contributed by atoms with Crippen LogP contribution < -0.4 is 15.4 Å². The molecular formula is C22H31IN6O. The van der Waals surface area contributed by atoms with Crippen molar-refractivity contribution in [3.8, 4) is 5.75 Å². The number of ether oxygens (including phenoxy) is 1. The zero-order valence-corrected chi connectivity index (χ0v) is 20.4. The third-order valence-corrected chi connectivity index (χ3v) is 4.31. The SMILES string of the molecule is CN=C(NCCCc1nnc2ccccn12)NCc1ccccc1OC(C)(C)C.I. The van der Waals surface area contributed by atoms with Crippen LogP contribution in [0.4, 0.5) is 0 Å². The van der Waals surface area contributed by atoms with Gasteiger partial charge in [-0.05, 0) is 45.4 Å². The first-order chi connectivity index (χ1) is 14.0. The molecule has 0 aliphatic carbocycles. The number of rotatable bonds is 7. The van der Waals surface area contributed by atoms with Gasteiger partial charge in [0.1, 0.15) is 17.2 Å². The summed E-state index contributed by atoms with van der Waals surface area (Å²) in [7, 11) is 1.78. The molecule has 3 aromatic rings. The number of aliphatic imine (C=N–C) groups is 1. The van der Waals surface area contributed by atoms with Crippen LogP contribution in [0.3, 0.4) is 0 Å². The maximum atomic E-state index is 6.06. The molecule has 0 saturated heterocycles. The van der Waals surface area contributed by atoms with Crippen LogP contribution in [0.2, 0.25) is 0 Å². The third kappa shape index (κ3) is 6.86. The van der Waals surface area contributed by atoms with Gasteiger partial charge in [-0.3, -0.25) is 9.39 Å². The summed E-state index contributed by atoms with van der Waals surface area (Å²) >= 11 is 0. The lowest BCUT2D eigenvalue weighted by Crippen LogP contribution is -2.37. The number of hydrogen-bond donors (Lipinski definition) is 2. The average Bonchev–Trinajstić information content (AvgIpc) is 3.10. The Hall–Kier alpha value is -2.36. The minimum absolute atomic E-state index is 0. The Balaban J connectivity index is 0.00000320. The van der Waals surface area contributed by atoms with Crippen molar-refractivity contribution in [1.29, 1.82) is 0 Å². The van der Waals surface area contributed by atoms with Crippen molar-refractivity contribution in [1.82, 2.24) is 25.2 Å². The van der Waals surface area contributed by atoms with Gasteiger partial charge in [0.15, 0.2) is 11.6 Å². The van der Waals surface area contributed by atoms with Gasteiger partial charge in [-0.25, -0.2) is 0 Å². The van der Waals surface area contributed by atoms with E-state index in [0.717, 1.165) is 48.1 Å². The fourth-order valence-electron chi connectivity index (χ4n) is 2.99. The standard InChI is InChI=1S/C22H30N6O.HI/c1-22(2,3)29-18-11-6-5-10-17(18)16-25-21(23-4)24-14-9-13-20-27-26-19-12-7-8-15-28(19)20;/h5-8,10-12,15H,9,13-14,16H2,1-4H3,(H2,23,24,25);1H. The number of guanidine groups is 1. The molecule has 30 heavy (non-hydrogen) atoms. The van der Waals surface area contributed by atoms with E-state index >= 15 is 0 Å². The van der Waals surface area contributed by atoms with Gasteiger partial charge >= 0.3 is 0 Å². The molecule has 7 nitrogen and oxygen atoms in total. The summed E-state index contributed by atoms with van der Waals surface area (Å²) in [6.07, 6.45) is 3.77. The number of nitrogens with zero attached hydrogens (tertiary/aromatic N) is 4. The van der Waals surface area contributed by atoms with E-state index in [1.165, 1.54) is 0 Å². The van der Waals surface area contributed by atoms with Crippen LogP contribution in [0.25, 0.3) is 5.65 Å². The Bertz CT molecular complexity index is 963. The van der Waals surface area contributed by atoms with Gasteiger partial charge in [0.05, 0.1) is 0 Å². The van der Waals surface area contributed by atoms with E-state index in [2.05, 4.69) is 52.7 Å². The molecule has 0 fully saturated rings. The lowest BCUT2D eigenvalue weighted by atomic mass is 10.1. The second-order valence-electron chi connectivity index (χ2n) is 7.82. The predicted molar refractivity (Wildman–Crippen MR) is 132 cm³/mol. The molecule has 0 radical (unpaired) electrons. The molecule has 162 valence electrons. The number of hydrogen-bond acceptors (Lipinski definition) is 4. The average molecular weight is 522 g/mol. The largest absolute Gasteiger partial charge is 0.488 e. The molecule has 0 amide bonds. The Labute approximate surface area is 195 Å². The monoisotopic (exact) mass is 522 g/mol. The van der Waals surface area contributed by atoms with Crippen molar-refractivity contribution in [3.63, 3.8) is 0 Å². The molecule has 2 N–H and O–H groups in total. The fraction of sp³-hybridized carbons (Fsp3) is 0.409. The summed E-state index contributed by atoms with van der Waals surface area (Å²) in [4.78, 5) is 4.31. The third-order valence-electron chi connectivity index (χ3n) is 4.31. The highest BCUT2D eigenvalue weighted by molar-refractivity contribution is 14.0. The summed E-state index contributed by atoms with van der Waals surface area (Å²) in [5, 5.41) is 15.2. The van der Waals surface area contributed by atoms with Crippen LogP contribution in [-0.2, 0) is 13.0 Å². The molecule has 8 heteroatoms. The highest BCUT2D eigenvalue weighted by Crippen LogP contribution is 2.22. The molecule has 0 bridgehead atoms. The topological polar surface area (TPSA) is 75.8 Å². The highest BCUT2D eigenvalue weighted by Gasteiger charge is 2.14. The van der Waals surface area contributed by atoms with Gasteiger partial charge in [0.25, 0.3) is 0 Å². The Morgan fingerprint density at radius 3 is 2.60 bits per heavy atom. The summed E-state index contributed by atoms with van der Waals surface area (Å²) in [6, 6.07) is 14.0. The molecule has 2 aromatic heterocycles.